The van der Waals surface area contributed by atoms with Crippen LogP contribution in [0.5, 0.6) is 0 Å². The number of nitrogens with one attached hydrogen (secondary N) is 1. The van der Waals surface area contributed by atoms with Crippen molar-refractivity contribution in [2.75, 3.05) is 19.6 Å². The van der Waals surface area contributed by atoms with Gasteiger partial charge in [-0.3, -0.25) is 14.4 Å². The number of carbonyl (C=O) groups excluding carboxylic acids is 1. The zero-order valence-corrected chi connectivity index (χ0v) is 15.0. The van der Waals surface area contributed by atoms with Crippen LogP contribution in [0.2, 0.25) is 0 Å². The molecular weight excluding hydrogens is 316 g/mol. The largest absolute Gasteiger partial charge is 0.465 e. The van der Waals surface area contributed by atoms with E-state index in [9.17, 15) is 4.79 Å². The second-order valence-corrected chi connectivity index (χ2v) is 7.26. The highest BCUT2D eigenvalue weighted by Crippen LogP contribution is 2.41. The summed E-state index contributed by atoms with van der Waals surface area (Å²) in [4.78, 5) is 15.2. The minimum Gasteiger partial charge on any atom is -0.465 e. The van der Waals surface area contributed by atoms with Crippen molar-refractivity contribution in [3.05, 3.63) is 41.1 Å². The van der Waals surface area contributed by atoms with Gasteiger partial charge >= 0.3 is 0 Å². The minimum atomic E-state index is -0.0255. The monoisotopic (exact) mass is 342 g/mol. The summed E-state index contributed by atoms with van der Waals surface area (Å²) in [7, 11) is 1.92. The fourth-order valence-electron chi connectivity index (χ4n) is 3.84. The summed E-state index contributed by atoms with van der Waals surface area (Å²) in [6.07, 6.45) is 6.42. The molecule has 2 fully saturated rings. The number of likely N-dealkylation sites (tertiary alicyclic amines) is 1. The van der Waals surface area contributed by atoms with Gasteiger partial charge < -0.3 is 9.73 Å². The first-order chi connectivity index (χ1) is 12.1. The molecule has 1 saturated heterocycles. The average molecular weight is 342 g/mol. The van der Waals surface area contributed by atoms with E-state index in [2.05, 4.69) is 15.3 Å². The Balaban J connectivity index is 1.48. The molecule has 6 nitrogen and oxygen atoms in total. The molecule has 2 aliphatic rings. The molecule has 0 radical (unpaired) electrons. The van der Waals surface area contributed by atoms with Gasteiger partial charge in [0.2, 0.25) is 0 Å². The van der Waals surface area contributed by atoms with Gasteiger partial charge in [0, 0.05) is 19.5 Å². The highest BCUT2D eigenvalue weighted by Gasteiger charge is 2.32. The van der Waals surface area contributed by atoms with Gasteiger partial charge in [0.05, 0.1) is 23.5 Å². The number of amides is 1. The molecule has 25 heavy (non-hydrogen) atoms. The van der Waals surface area contributed by atoms with Crippen LogP contribution in [0.4, 0.5) is 0 Å². The van der Waals surface area contributed by atoms with Crippen molar-refractivity contribution in [3.8, 4) is 0 Å². The molecule has 134 valence electrons. The number of rotatable bonds is 6. The fourth-order valence-corrected chi connectivity index (χ4v) is 3.84. The molecule has 1 aliphatic heterocycles. The van der Waals surface area contributed by atoms with Gasteiger partial charge in [0.25, 0.3) is 5.91 Å². The second-order valence-electron chi connectivity index (χ2n) is 7.26. The van der Waals surface area contributed by atoms with Crippen molar-refractivity contribution >= 4 is 5.91 Å². The van der Waals surface area contributed by atoms with E-state index >= 15 is 0 Å². The number of carbonyl (C=O) groups is 1. The van der Waals surface area contributed by atoms with Crippen LogP contribution in [0.3, 0.4) is 0 Å². The molecular formula is C19H26N4O2. The summed E-state index contributed by atoms with van der Waals surface area (Å²) in [5.41, 5.74) is 1.80. The van der Waals surface area contributed by atoms with E-state index in [-0.39, 0.29) is 11.9 Å². The molecule has 0 spiro atoms. The lowest BCUT2D eigenvalue weighted by molar-refractivity contribution is 0.0932. The summed E-state index contributed by atoms with van der Waals surface area (Å²) in [6, 6.07) is 4.12. The van der Waals surface area contributed by atoms with Gasteiger partial charge in [0.15, 0.2) is 0 Å². The number of hydrogen-bond acceptors (Lipinski definition) is 4. The van der Waals surface area contributed by atoms with Crippen molar-refractivity contribution in [2.24, 2.45) is 7.05 Å². The summed E-state index contributed by atoms with van der Waals surface area (Å²) in [5.74, 6) is 2.32. The Kier molecular flexibility index (Phi) is 4.37. The van der Waals surface area contributed by atoms with Gasteiger partial charge in [-0.2, -0.15) is 5.10 Å². The normalized spacial score (nSPS) is 19.3. The standard InChI is InChI=1S/C19H26N4O2/c1-13-5-8-17(25-13)16(23-9-3-4-10-23)12-20-19(24)15-11-21-22(2)18(15)14-6-7-14/h5,8,11,14,16H,3-4,6-7,9-10,12H2,1-2H3,(H,20,24). The predicted octanol–water partition coefficient (Wildman–Crippen LogP) is 2.77. The highest BCUT2D eigenvalue weighted by atomic mass is 16.3. The molecule has 0 aromatic carbocycles. The Labute approximate surface area is 148 Å². The molecule has 2 aromatic rings. The minimum absolute atomic E-state index is 0.0255. The molecule has 1 atom stereocenters. The maximum absolute atomic E-state index is 12.8. The smallest absolute Gasteiger partial charge is 0.254 e. The number of hydrogen-bond donors (Lipinski definition) is 1. The molecule has 0 bridgehead atoms. The fraction of sp³-hybridized carbons (Fsp3) is 0.579. The molecule has 2 aromatic heterocycles. The van der Waals surface area contributed by atoms with Crippen molar-refractivity contribution in [1.29, 1.82) is 0 Å². The number of aryl methyl sites for hydroxylation is 2. The van der Waals surface area contributed by atoms with E-state index < -0.39 is 0 Å². The van der Waals surface area contributed by atoms with Crippen molar-refractivity contribution < 1.29 is 9.21 Å². The molecule has 3 heterocycles. The van der Waals surface area contributed by atoms with Gasteiger partial charge in [-0.1, -0.05) is 0 Å². The Morgan fingerprint density at radius 1 is 1.36 bits per heavy atom. The van der Waals surface area contributed by atoms with Gasteiger partial charge in [-0.25, -0.2) is 0 Å². The third-order valence-electron chi connectivity index (χ3n) is 5.32. The quantitative estimate of drug-likeness (QED) is 0.877. The summed E-state index contributed by atoms with van der Waals surface area (Å²) in [5, 5.41) is 7.42. The van der Waals surface area contributed by atoms with Gasteiger partial charge in [-0.15, -0.1) is 0 Å². The van der Waals surface area contributed by atoms with Crippen LogP contribution < -0.4 is 5.32 Å². The SMILES string of the molecule is Cc1ccc(C(CNC(=O)c2cnn(C)c2C2CC2)N2CCCC2)o1. The van der Waals surface area contributed by atoms with Crippen LogP contribution in [0.1, 0.15) is 65.2 Å². The van der Waals surface area contributed by atoms with Gasteiger partial charge in [0.1, 0.15) is 11.5 Å². The Morgan fingerprint density at radius 3 is 2.76 bits per heavy atom. The first kappa shape index (κ1) is 16.4. The van der Waals surface area contributed by atoms with Crippen LogP contribution in [0, 0.1) is 6.92 Å². The zero-order valence-electron chi connectivity index (χ0n) is 15.0. The predicted molar refractivity (Wildman–Crippen MR) is 94.5 cm³/mol. The van der Waals surface area contributed by atoms with E-state index in [1.807, 2.05) is 30.8 Å². The van der Waals surface area contributed by atoms with E-state index in [0.717, 1.165) is 48.7 Å². The molecule has 1 amide bonds. The Bertz CT molecular complexity index is 753. The first-order valence-corrected chi connectivity index (χ1v) is 9.24. The van der Waals surface area contributed by atoms with E-state index in [4.69, 9.17) is 4.42 Å². The Morgan fingerprint density at radius 2 is 2.12 bits per heavy atom. The number of furan rings is 1. The van der Waals surface area contributed by atoms with Crippen LogP contribution in [-0.2, 0) is 7.05 Å². The summed E-state index contributed by atoms with van der Waals surface area (Å²) >= 11 is 0. The highest BCUT2D eigenvalue weighted by molar-refractivity contribution is 5.95. The van der Waals surface area contributed by atoms with Crippen LogP contribution in [0.25, 0.3) is 0 Å². The summed E-state index contributed by atoms with van der Waals surface area (Å²) in [6.45, 7) is 4.63. The first-order valence-electron chi connectivity index (χ1n) is 9.24. The molecule has 6 heteroatoms. The van der Waals surface area contributed by atoms with E-state index in [1.165, 1.54) is 12.8 Å². The van der Waals surface area contributed by atoms with Crippen molar-refractivity contribution in [1.82, 2.24) is 20.0 Å². The van der Waals surface area contributed by atoms with E-state index in [1.54, 1.807) is 6.20 Å². The second kappa shape index (κ2) is 6.67. The van der Waals surface area contributed by atoms with Crippen molar-refractivity contribution in [2.45, 2.75) is 44.6 Å². The topological polar surface area (TPSA) is 63.3 Å². The van der Waals surface area contributed by atoms with Gasteiger partial charge in [-0.05, 0) is 57.8 Å². The zero-order chi connectivity index (χ0) is 17.4. The maximum Gasteiger partial charge on any atom is 0.254 e. The van der Waals surface area contributed by atoms with Crippen LogP contribution >= 0.6 is 0 Å². The van der Waals surface area contributed by atoms with E-state index in [0.29, 0.717) is 12.5 Å². The molecule has 1 aliphatic carbocycles. The lowest BCUT2D eigenvalue weighted by atomic mass is 10.1. The third kappa shape index (κ3) is 3.35. The molecule has 4 rings (SSSR count). The maximum atomic E-state index is 12.8. The van der Waals surface area contributed by atoms with Crippen LogP contribution in [-0.4, -0.2) is 40.2 Å². The molecule has 1 saturated carbocycles. The lowest BCUT2D eigenvalue weighted by Gasteiger charge is -2.26. The third-order valence-corrected chi connectivity index (χ3v) is 5.32. The average Bonchev–Trinajstić information content (AvgIpc) is 3.00. The summed E-state index contributed by atoms with van der Waals surface area (Å²) < 4.78 is 7.71. The number of aromatic nitrogens is 2. The van der Waals surface area contributed by atoms with Crippen LogP contribution in [0.15, 0.2) is 22.7 Å². The Hall–Kier alpha value is -2.08. The molecule has 1 N–H and O–H groups in total. The molecule has 1 unspecified atom stereocenters. The lowest BCUT2D eigenvalue weighted by Crippen LogP contribution is -2.36. The van der Waals surface area contributed by atoms with Crippen molar-refractivity contribution in [3.63, 3.8) is 0 Å². The number of nitrogens with zero attached hydrogens (tertiary/aromatic N) is 3.